The van der Waals surface area contributed by atoms with Gasteiger partial charge in [0.1, 0.15) is 11.5 Å². The number of aromatic hydroxyl groups is 3. The van der Waals surface area contributed by atoms with E-state index in [-0.39, 0.29) is 17.2 Å². The molecule has 34 heavy (non-hydrogen) atoms. The molecule has 4 rings (SSSR count). The van der Waals surface area contributed by atoms with Gasteiger partial charge >= 0.3 is 0 Å². The quantitative estimate of drug-likeness (QED) is 0.289. The van der Waals surface area contributed by atoms with E-state index in [2.05, 4.69) is 0 Å². The average Bonchev–Trinajstić information content (AvgIpc) is 2.78. The maximum atomic E-state index is 10.5. The molecule has 0 amide bonds. The predicted molar refractivity (Wildman–Crippen MR) is 136 cm³/mol. The summed E-state index contributed by atoms with van der Waals surface area (Å²) < 4.78 is 6.23. The summed E-state index contributed by atoms with van der Waals surface area (Å²) in [4.78, 5) is 1.98. The van der Waals surface area contributed by atoms with Gasteiger partial charge in [-0.25, -0.2) is 0 Å². The lowest BCUT2D eigenvalue weighted by Crippen LogP contribution is -2.14. The predicted octanol–water partition coefficient (Wildman–Crippen LogP) is 7.61. The fourth-order valence-corrected chi connectivity index (χ4v) is 4.05. The molecule has 0 unspecified atom stereocenters. The van der Waals surface area contributed by atoms with Crippen LogP contribution in [0.3, 0.4) is 0 Å². The molecule has 0 spiro atoms. The minimum atomic E-state index is 0.0423. The van der Waals surface area contributed by atoms with Gasteiger partial charge in [-0.2, -0.15) is 0 Å². The fraction of sp³-hybridized carbons (Fsp3) is 0.172. The van der Waals surface area contributed by atoms with Gasteiger partial charge in [0.25, 0.3) is 0 Å². The van der Waals surface area contributed by atoms with Crippen LogP contribution < -0.4 is 9.64 Å². The van der Waals surface area contributed by atoms with E-state index < -0.39 is 0 Å². The first-order chi connectivity index (χ1) is 16.2. The molecule has 0 atom stereocenters. The zero-order valence-corrected chi connectivity index (χ0v) is 20.0. The first-order valence-corrected chi connectivity index (χ1v) is 11.1. The molecule has 5 nitrogen and oxygen atoms in total. The number of anilines is 3. The molecule has 0 bridgehead atoms. The van der Waals surface area contributed by atoms with Crippen molar-refractivity contribution in [2.75, 3.05) is 4.90 Å². The van der Waals surface area contributed by atoms with Crippen LogP contribution in [0.1, 0.15) is 27.8 Å². The normalized spacial score (nSPS) is 10.9. The molecule has 0 heterocycles. The number of phenolic OH excluding ortho intramolecular Hbond substituents is 3. The topological polar surface area (TPSA) is 73.2 Å². The van der Waals surface area contributed by atoms with E-state index in [0.717, 1.165) is 39.2 Å². The Morgan fingerprint density at radius 3 is 1.74 bits per heavy atom. The highest BCUT2D eigenvalue weighted by Crippen LogP contribution is 2.47. The van der Waals surface area contributed by atoms with Crippen LogP contribution in [0.2, 0.25) is 0 Å². The van der Waals surface area contributed by atoms with Crippen molar-refractivity contribution in [2.45, 2.75) is 34.6 Å². The smallest absolute Gasteiger partial charge is 0.169 e. The van der Waals surface area contributed by atoms with Gasteiger partial charge in [0, 0.05) is 12.1 Å². The lowest BCUT2D eigenvalue weighted by atomic mass is 10.0. The molecule has 0 fully saturated rings. The number of hydrogen-bond donors (Lipinski definition) is 3. The summed E-state index contributed by atoms with van der Waals surface area (Å²) in [5.74, 6) is 1.20. The van der Waals surface area contributed by atoms with Crippen LogP contribution in [0, 0.1) is 34.6 Å². The van der Waals surface area contributed by atoms with Crippen molar-refractivity contribution < 1.29 is 20.1 Å². The second kappa shape index (κ2) is 9.02. The Bertz CT molecular complexity index is 1320. The number of nitrogens with zero attached hydrogens (tertiary/aromatic N) is 1. The summed E-state index contributed by atoms with van der Waals surface area (Å²) in [6.07, 6.45) is 0. The van der Waals surface area contributed by atoms with Gasteiger partial charge in [-0.15, -0.1) is 0 Å². The highest BCUT2D eigenvalue weighted by Gasteiger charge is 2.23. The summed E-state index contributed by atoms with van der Waals surface area (Å²) in [6, 6.07) is 19.6. The molecule has 0 saturated carbocycles. The third-order valence-corrected chi connectivity index (χ3v) is 6.17. The SMILES string of the molecule is Cc1ccc(O)c(Oc2ccccc2N(c2cc(O)cc(C)c2C)c2cc(O)cc(C)c2C)c1. The molecule has 0 aliphatic heterocycles. The van der Waals surface area contributed by atoms with Crippen molar-refractivity contribution in [1.82, 2.24) is 0 Å². The van der Waals surface area contributed by atoms with Gasteiger partial charge in [0.05, 0.1) is 17.1 Å². The Morgan fingerprint density at radius 2 is 1.15 bits per heavy atom. The van der Waals surface area contributed by atoms with Gasteiger partial charge in [0.2, 0.25) is 0 Å². The molecule has 5 heteroatoms. The Balaban J connectivity index is 1.99. The van der Waals surface area contributed by atoms with Crippen LogP contribution in [0.15, 0.2) is 66.7 Å². The lowest BCUT2D eigenvalue weighted by Gasteiger charge is -2.31. The maximum Gasteiger partial charge on any atom is 0.169 e. The van der Waals surface area contributed by atoms with E-state index in [9.17, 15) is 15.3 Å². The molecule has 0 aromatic heterocycles. The molecule has 0 aliphatic carbocycles. The minimum Gasteiger partial charge on any atom is -0.508 e. The second-order valence-corrected chi connectivity index (χ2v) is 8.69. The van der Waals surface area contributed by atoms with Crippen LogP contribution in [-0.2, 0) is 0 Å². The second-order valence-electron chi connectivity index (χ2n) is 8.69. The summed E-state index contributed by atoms with van der Waals surface area (Å²) >= 11 is 0. The fourth-order valence-electron chi connectivity index (χ4n) is 4.05. The van der Waals surface area contributed by atoms with Crippen LogP contribution in [0.25, 0.3) is 0 Å². The molecule has 0 saturated heterocycles. The van der Waals surface area contributed by atoms with Crippen molar-refractivity contribution in [3.63, 3.8) is 0 Å². The Kier molecular flexibility index (Phi) is 6.12. The van der Waals surface area contributed by atoms with Gasteiger partial charge in [-0.05, 0) is 98.8 Å². The Labute approximate surface area is 200 Å². The summed E-state index contributed by atoms with van der Waals surface area (Å²) in [6.45, 7) is 9.83. The Morgan fingerprint density at radius 1 is 0.588 bits per heavy atom. The van der Waals surface area contributed by atoms with E-state index in [1.54, 1.807) is 36.4 Å². The van der Waals surface area contributed by atoms with Crippen LogP contribution >= 0.6 is 0 Å². The van der Waals surface area contributed by atoms with Crippen LogP contribution in [0.4, 0.5) is 17.1 Å². The average molecular weight is 456 g/mol. The van der Waals surface area contributed by atoms with Crippen LogP contribution in [-0.4, -0.2) is 15.3 Å². The lowest BCUT2D eigenvalue weighted by molar-refractivity contribution is 0.411. The van der Waals surface area contributed by atoms with Crippen molar-refractivity contribution in [3.8, 4) is 28.7 Å². The first-order valence-electron chi connectivity index (χ1n) is 11.1. The molecule has 0 radical (unpaired) electrons. The first kappa shape index (κ1) is 23.1. The van der Waals surface area contributed by atoms with Crippen molar-refractivity contribution in [1.29, 1.82) is 0 Å². The molecule has 4 aromatic rings. The zero-order chi connectivity index (χ0) is 24.6. The standard InChI is InChI=1S/C29H29NO4/c1-17-10-11-27(33)29(12-17)34-28-9-7-6-8-24(28)30(25-15-22(31)13-18(2)20(25)4)26-16-23(32)14-19(3)21(26)5/h6-16,31-33H,1-5H3. The molecule has 3 N–H and O–H groups in total. The number of ether oxygens (including phenoxy) is 1. The highest BCUT2D eigenvalue weighted by molar-refractivity contribution is 5.85. The van der Waals surface area contributed by atoms with E-state index in [0.29, 0.717) is 17.2 Å². The maximum absolute atomic E-state index is 10.5. The van der Waals surface area contributed by atoms with E-state index >= 15 is 0 Å². The summed E-state index contributed by atoms with van der Waals surface area (Å²) in [5, 5.41) is 31.3. The third kappa shape index (κ3) is 4.37. The molecule has 174 valence electrons. The van der Waals surface area contributed by atoms with Crippen LogP contribution in [0.5, 0.6) is 28.7 Å². The Hall–Kier alpha value is -4.12. The minimum absolute atomic E-state index is 0.0423. The van der Waals surface area contributed by atoms with Crippen molar-refractivity contribution >= 4 is 17.1 Å². The van der Waals surface area contributed by atoms with E-state index in [1.807, 2.05) is 69.9 Å². The van der Waals surface area contributed by atoms with Crippen molar-refractivity contribution in [3.05, 3.63) is 94.5 Å². The molecular formula is C29H29NO4. The number of aryl methyl sites for hydroxylation is 3. The van der Waals surface area contributed by atoms with E-state index in [4.69, 9.17) is 4.74 Å². The van der Waals surface area contributed by atoms with Crippen molar-refractivity contribution in [2.24, 2.45) is 0 Å². The number of rotatable bonds is 5. The highest BCUT2D eigenvalue weighted by atomic mass is 16.5. The monoisotopic (exact) mass is 455 g/mol. The zero-order valence-electron chi connectivity index (χ0n) is 20.0. The molecule has 0 aliphatic rings. The largest absolute Gasteiger partial charge is 0.508 e. The number of hydrogen-bond acceptors (Lipinski definition) is 5. The summed E-state index contributed by atoms with van der Waals surface area (Å²) in [5.41, 5.74) is 7.00. The molecule has 4 aromatic carbocycles. The third-order valence-electron chi connectivity index (χ3n) is 6.17. The van der Waals surface area contributed by atoms with Gasteiger partial charge in [0.15, 0.2) is 17.2 Å². The van der Waals surface area contributed by atoms with E-state index in [1.165, 1.54) is 0 Å². The molecular weight excluding hydrogens is 426 g/mol. The summed E-state index contributed by atoms with van der Waals surface area (Å²) in [7, 11) is 0. The van der Waals surface area contributed by atoms with Gasteiger partial charge in [-0.3, -0.25) is 0 Å². The number of benzene rings is 4. The van der Waals surface area contributed by atoms with Gasteiger partial charge < -0.3 is 25.0 Å². The number of phenols is 3. The van der Waals surface area contributed by atoms with Gasteiger partial charge in [-0.1, -0.05) is 18.2 Å². The number of para-hydroxylation sites is 2.